The molecule has 4 aromatic rings. The summed E-state index contributed by atoms with van der Waals surface area (Å²) < 4.78 is 8.49. The van der Waals surface area contributed by atoms with Crippen molar-refractivity contribution < 1.29 is 24.5 Å². The Labute approximate surface area is 201 Å². The molecule has 3 aromatic heterocycles. The van der Waals surface area contributed by atoms with E-state index in [1.807, 2.05) is 6.07 Å². The second-order valence-electron chi connectivity index (χ2n) is 10.3. The molecule has 167 valence electrons. The Hall–Kier alpha value is -1.75. The van der Waals surface area contributed by atoms with Gasteiger partial charge < -0.3 is 13.8 Å². The molecule has 0 amide bonds. The van der Waals surface area contributed by atoms with Gasteiger partial charge in [0.2, 0.25) is 9.76 Å². The Morgan fingerprint density at radius 3 is 2.26 bits per heavy atom. The van der Waals surface area contributed by atoms with Crippen molar-refractivity contribution in [1.29, 1.82) is 0 Å². The summed E-state index contributed by atoms with van der Waals surface area (Å²) in [5, 5.41) is 0.960. The van der Waals surface area contributed by atoms with E-state index in [9.17, 15) is 0 Å². The monoisotopic (exact) mass is 611 g/mol. The fourth-order valence-electron chi connectivity index (χ4n) is 3.98. The summed E-state index contributed by atoms with van der Waals surface area (Å²) in [6.45, 7) is 19.7. The van der Waals surface area contributed by atoms with Crippen LogP contribution in [0.15, 0.2) is 18.2 Å². The van der Waals surface area contributed by atoms with Gasteiger partial charge in [-0.1, -0.05) is 53.0 Å². The topological polar surface area (TPSA) is 39.4 Å². The zero-order valence-electron chi connectivity index (χ0n) is 20.0. The van der Waals surface area contributed by atoms with Gasteiger partial charge in [0.25, 0.3) is 0 Å². The van der Waals surface area contributed by atoms with Crippen LogP contribution in [-0.2, 0) is 30.9 Å². The van der Waals surface area contributed by atoms with E-state index in [1.54, 1.807) is 0 Å². The fraction of sp³-hybridized carbons (Fsp3) is 0.440. The molecule has 0 saturated heterocycles. The SMILES string of the molecule is C[SiH2]Oc1c(C)c(C)cc2c1nc1c3[c-]cc(C(C)(C)C)nc3cc(C(C)(C)C)n21.[Ir]. The summed E-state index contributed by atoms with van der Waals surface area (Å²) in [7, 11) is -0.615. The van der Waals surface area contributed by atoms with Gasteiger partial charge in [-0.25, -0.2) is 0 Å². The first-order chi connectivity index (χ1) is 13.9. The van der Waals surface area contributed by atoms with Gasteiger partial charge in [0.05, 0.1) is 11.2 Å². The van der Waals surface area contributed by atoms with Crippen LogP contribution in [-0.4, -0.2) is 24.1 Å². The molecule has 4 nitrogen and oxygen atoms in total. The number of fused-ring (bicyclic) bond motifs is 5. The molecule has 0 saturated carbocycles. The summed E-state index contributed by atoms with van der Waals surface area (Å²) in [6, 6.07) is 10.00. The molecule has 0 aliphatic rings. The van der Waals surface area contributed by atoms with Gasteiger partial charge in [0.15, 0.2) is 0 Å². The fourth-order valence-corrected chi connectivity index (χ4v) is 4.62. The normalized spacial score (nSPS) is 12.9. The molecule has 0 fully saturated rings. The van der Waals surface area contributed by atoms with Gasteiger partial charge in [-0.15, -0.1) is 12.1 Å². The Balaban J connectivity index is 0.00000272. The molecule has 0 atom stereocenters. The Morgan fingerprint density at radius 2 is 1.68 bits per heavy atom. The minimum absolute atomic E-state index is 0. The van der Waals surface area contributed by atoms with E-state index in [-0.39, 0.29) is 30.9 Å². The third kappa shape index (κ3) is 3.94. The van der Waals surface area contributed by atoms with Crippen LogP contribution in [0.3, 0.4) is 0 Å². The van der Waals surface area contributed by atoms with E-state index >= 15 is 0 Å². The van der Waals surface area contributed by atoms with E-state index in [1.165, 1.54) is 16.8 Å². The molecule has 0 aliphatic heterocycles. The van der Waals surface area contributed by atoms with Gasteiger partial charge in [-0.3, -0.25) is 4.98 Å². The first kappa shape index (κ1) is 23.9. The number of hydrogen-bond acceptors (Lipinski definition) is 3. The van der Waals surface area contributed by atoms with Crippen molar-refractivity contribution in [3.8, 4) is 5.75 Å². The molecule has 4 rings (SSSR count). The quantitative estimate of drug-likeness (QED) is 0.221. The molecule has 1 aromatic carbocycles. The molecule has 1 radical (unpaired) electrons. The molecule has 0 spiro atoms. The summed E-state index contributed by atoms with van der Waals surface area (Å²) >= 11 is 0. The maximum absolute atomic E-state index is 6.20. The van der Waals surface area contributed by atoms with Crippen LogP contribution >= 0.6 is 0 Å². The van der Waals surface area contributed by atoms with E-state index in [0.29, 0.717) is 0 Å². The number of imidazole rings is 1. The largest absolute Gasteiger partial charge is 0.548 e. The third-order valence-electron chi connectivity index (χ3n) is 5.83. The van der Waals surface area contributed by atoms with Crippen LogP contribution in [0.25, 0.3) is 27.6 Å². The van der Waals surface area contributed by atoms with Crippen LogP contribution in [0.2, 0.25) is 6.55 Å². The zero-order chi connectivity index (χ0) is 22.0. The van der Waals surface area contributed by atoms with Crippen LogP contribution in [0.4, 0.5) is 0 Å². The Morgan fingerprint density at radius 1 is 1.00 bits per heavy atom. The molecule has 31 heavy (non-hydrogen) atoms. The third-order valence-corrected chi connectivity index (χ3v) is 6.40. The van der Waals surface area contributed by atoms with Crippen LogP contribution < -0.4 is 4.43 Å². The standard InChI is InChI=1S/C25H32N3OSi.Ir/c1-14-12-18-21(22(15(14)2)29-30-9)27-23-16-10-11-19(24(3,4)5)26-17(16)13-20(28(18)23)25(6,7)8;/h11-13H,30H2,1-9H3;/q-1;. The minimum Gasteiger partial charge on any atom is -0.548 e. The smallest absolute Gasteiger partial charge is 0.216 e. The van der Waals surface area contributed by atoms with Crippen molar-refractivity contribution >= 4 is 37.3 Å². The predicted octanol–water partition coefficient (Wildman–Crippen LogP) is 5.56. The number of hydrogen-bond donors (Lipinski definition) is 0. The number of pyridine rings is 2. The van der Waals surface area contributed by atoms with Crippen LogP contribution in [0.1, 0.15) is 64.1 Å². The maximum atomic E-state index is 6.20. The maximum Gasteiger partial charge on any atom is 0.216 e. The molecular formula is C25H32IrN3OSi-. The van der Waals surface area contributed by atoms with E-state index < -0.39 is 9.76 Å². The summed E-state index contributed by atoms with van der Waals surface area (Å²) in [5.74, 6) is 0.940. The van der Waals surface area contributed by atoms with Gasteiger partial charge in [-0.2, -0.15) is 0 Å². The van der Waals surface area contributed by atoms with Crippen molar-refractivity contribution in [1.82, 2.24) is 14.4 Å². The van der Waals surface area contributed by atoms with Crippen molar-refractivity contribution in [3.63, 3.8) is 0 Å². The van der Waals surface area contributed by atoms with Gasteiger partial charge in [0, 0.05) is 31.2 Å². The van der Waals surface area contributed by atoms with Crippen molar-refractivity contribution in [2.24, 2.45) is 0 Å². The zero-order valence-corrected chi connectivity index (χ0v) is 23.8. The summed E-state index contributed by atoms with van der Waals surface area (Å²) in [5.41, 5.74) is 8.46. The van der Waals surface area contributed by atoms with Gasteiger partial charge in [-0.05, 0) is 54.2 Å². The molecule has 6 heteroatoms. The van der Waals surface area contributed by atoms with Gasteiger partial charge >= 0.3 is 0 Å². The number of rotatable bonds is 2. The number of benzene rings is 1. The summed E-state index contributed by atoms with van der Waals surface area (Å²) in [4.78, 5) is 10.1. The van der Waals surface area contributed by atoms with E-state index in [2.05, 4.69) is 84.5 Å². The van der Waals surface area contributed by atoms with E-state index in [0.717, 1.165) is 39.0 Å². The second kappa shape index (κ2) is 7.98. The van der Waals surface area contributed by atoms with Crippen molar-refractivity contribution in [2.45, 2.75) is 72.8 Å². The van der Waals surface area contributed by atoms with E-state index in [4.69, 9.17) is 14.4 Å². The number of aromatic nitrogens is 3. The first-order valence-electron chi connectivity index (χ1n) is 10.7. The molecule has 0 unspecified atom stereocenters. The molecule has 3 heterocycles. The average Bonchev–Trinajstić information content (AvgIpc) is 3.02. The molecular weight excluding hydrogens is 579 g/mol. The number of aryl methyl sites for hydroxylation is 1. The molecule has 0 aliphatic carbocycles. The second-order valence-corrected chi connectivity index (χ2v) is 11.2. The van der Waals surface area contributed by atoms with Crippen molar-refractivity contribution in [2.75, 3.05) is 0 Å². The molecule has 0 bridgehead atoms. The minimum atomic E-state index is -0.615. The van der Waals surface area contributed by atoms with Crippen LogP contribution in [0.5, 0.6) is 5.75 Å². The van der Waals surface area contributed by atoms with Crippen LogP contribution in [0, 0.1) is 19.9 Å². The first-order valence-corrected chi connectivity index (χ1v) is 12.7. The predicted molar refractivity (Wildman–Crippen MR) is 129 cm³/mol. The Bertz CT molecular complexity index is 1300. The van der Waals surface area contributed by atoms with Gasteiger partial charge in [0.1, 0.15) is 11.3 Å². The molecule has 0 N–H and O–H groups in total. The number of nitrogens with zero attached hydrogens (tertiary/aromatic N) is 3. The summed E-state index contributed by atoms with van der Waals surface area (Å²) in [6.07, 6.45) is 0. The van der Waals surface area contributed by atoms with Crippen molar-refractivity contribution in [3.05, 3.63) is 46.8 Å². The Kier molecular flexibility index (Phi) is 6.16. The average molecular weight is 611 g/mol.